The molecule has 2 heterocycles. The number of urea groups is 1. The van der Waals surface area contributed by atoms with Gasteiger partial charge in [-0.05, 0) is 61.6 Å². The second-order valence-corrected chi connectivity index (χ2v) is 13.0. The minimum Gasteiger partial charge on any atom is -0.484 e. The molecule has 2 aliphatic heterocycles. The molecule has 5 rings (SSSR count). The minimum absolute atomic E-state index is 0.0137. The number of nitrogens with one attached hydrogen (secondary N) is 5. The highest BCUT2D eigenvalue weighted by molar-refractivity contribution is 5.97. The van der Waals surface area contributed by atoms with E-state index >= 15 is 0 Å². The van der Waals surface area contributed by atoms with Gasteiger partial charge in [0.15, 0.2) is 0 Å². The van der Waals surface area contributed by atoms with Gasteiger partial charge in [0.25, 0.3) is 0 Å². The number of amidine groups is 1. The third kappa shape index (κ3) is 7.33. The Kier molecular flexibility index (Phi) is 9.13. The van der Waals surface area contributed by atoms with Crippen molar-refractivity contribution >= 4 is 23.3 Å². The molecule has 232 valence electrons. The van der Waals surface area contributed by atoms with Gasteiger partial charge in [-0.2, -0.15) is 5.10 Å². The Bertz CT molecular complexity index is 1500. The van der Waals surface area contributed by atoms with Gasteiger partial charge < -0.3 is 25.7 Å². The van der Waals surface area contributed by atoms with Crippen molar-refractivity contribution in [3.05, 3.63) is 101 Å². The SMILES string of the molecule is Cc1ccc(N/C(=C\C(=N)C(C)(C)C)NC(=O)N[C@H]2CCC[C@H](OC3=CN4C(C(C)C)=NNC4C=C3)c3ccccc32)cc1. The normalized spacial score (nSPS) is 21.3. The van der Waals surface area contributed by atoms with Crippen LogP contribution in [0.3, 0.4) is 0 Å². The molecule has 2 aromatic rings. The Morgan fingerprint density at radius 1 is 1.11 bits per heavy atom. The molecule has 1 aliphatic carbocycles. The van der Waals surface area contributed by atoms with Crippen LogP contribution >= 0.6 is 0 Å². The van der Waals surface area contributed by atoms with E-state index in [1.807, 2.05) is 76.4 Å². The molecule has 9 nitrogen and oxygen atoms in total. The number of hydrazone groups is 1. The fourth-order valence-corrected chi connectivity index (χ4v) is 5.49. The average Bonchev–Trinajstić information content (AvgIpc) is 3.33. The highest BCUT2D eigenvalue weighted by atomic mass is 16.5. The average molecular weight is 596 g/mol. The summed E-state index contributed by atoms with van der Waals surface area (Å²) in [4.78, 5) is 15.6. The molecular formula is C35H45N7O2. The first kappa shape index (κ1) is 30.9. The van der Waals surface area contributed by atoms with Crippen molar-refractivity contribution in [3.63, 3.8) is 0 Å². The van der Waals surface area contributed by atoms with Crippen LogP contribution in [0, 0.1) is 23.7 Å². The van der Waals surface area contributed by atoms with Crippen LogP contribution in [-0.4, -0.2) is 28.6 Å². The molecule has 2 amide bonds. The Labute approximate surface area is 261 Å². The standard InChI is InChI=1S/C35H45N7O2/c1-22(2)33-41-40-32-19-18-25(21-42(32)33)44-29-13-9-12-28(26-10-7-8-11-27(26)29)38-34(43)39-31(20-30(36)35(4,5)6)37-24-16-14-23(3)15-17-24/h7-8,10-11,14-22,28-29,32,36-37,40H,9,12-13H2,1-6H3,(H2,38,39,43)/b31-20+,36-30?/t28-,29-,32?/m0/s1. The highest BCUT2D eigenvalue weighted by Gasteiger charge is 2.31. The molecule has 0 saturated carbocycles. The Morgan fingerprint density at radius 2 is 1.84 bits per heavy atom. The summed E-state index contributed by atoms with van der Waals surface area (Å²) < 4.78 is 6.62. The minimum atomic E-state index is -0.369. The monoisotopic (exact) mass is 595 g/mol. The van der Waals surface area contributed by atoms with Crippen LogP contribution in [0.1, 0.15) is 82.7 Å². The van der Waals surface area contributed by atoms with Crippen molar-refractivity contribution in [2.24, 2.45) is 16.4 Å². The summed E-state index contributed by atoms with van der Waals surface area (Å²) in [6.07, 6.45) is 10.2. The van der Waals surface area contributed by atoms with Crippen molar-refractivity contribution in [2.75, 3.05) is 5.32 Å². The van der Waals surface area contributed by atoms with Crippen molar-refractivity contribution in [1.29, 1.82) is 5.41 Å². The van der Waals surface area contributed by atoms with Crippen LogP contribution in [0.15, 0.2) is 89.6 Å². The highest BCUT2D eigenvalue weighted by Crippen LogP contribution is 2.38. The number of ether oxygens (including phenoxy) is 1. The molecule has 3 atom stereocenters. The lowest BCUT2D eigenvalue weighted by molar-refractivity contribution is 0.112. The van der Waals surface area contributed by atoms with Gasteiger partial charge in [0.1, 0.15) is 29.7 Å². The number of aryl methyl sites for hydroxylation is 1. The van der Waals surface area contributed by atoms with Crippen molar-refractivity contribution in [3.8, 4) is 0 Å². The van der Waals surface area contributed by atoms with Gasteiger partial charge >= 0.3 is 6.03 Å². The maximum absolute atomic E-state index is 13.5. The van der Waals surface area contributed by atoms with Crippen LogP contribution in [0.25, 0.3) is 0 Å². The first-order chi connectivity index (χ1) is 21.0. The second-order valence-electron chi connectivity index (χ2n) is 13.0. The van der Waals surface area contributed by atoms with E-state index in [4.69, 9.17) is 10.1 Å². The number of rotatable bonds is 8. The lowest BCUT2D eigenvalue weighted by Crippen LogP contribution is -2.39. The number of carbonyl (C=O) groups is 1. The number of amides is 2. The van der Waals surface area contributed by atoms with Gasteiger partial charge in [-0.15, -0.1) is 0 Å². The van der Waals surface area contributed by atoms with Crippen molar-refractivity contribution in [1.82, 2.24) is 21.0 Å². The molecule has 3 aliphatic rings. The maximum atomic E-state index is 13.5. The van der Waals surface area contributed by atoms with E-state index in [1.165, 1.54) is 0 Å². The molecule has 0 bridgehead atoms. The fourth-order valence-electron chi connectivity index (χ4n) is 5.49. The molecule has 0 radical (unpaired) electrons. The van der Waals surface area contributed by atoms with E-state index < -0.39 is 0 Å². The summed E-state index contributed by atoms with van der Waals surface area (Å²) in [5, 5.41) is 22.5. The van der Waals surface area contributed by atoms with Crippen LogP contribution in [0.2, 0.25) is 0 Å². The largest absolute Gasteiger partial charge is 0.484 e. The molecule has 44 heavy (non-hydrogen) atoms. The summed E-state index contributed by atoms with van der Waals surface area (Å²) >= 11 is 0. The summed E-state index contributed by atoms with van der Waals surface area (Å²) in [7, 11) is 0. The zero-order valence-electron chi connectivity index (χ0n) is 26.6. The van der Waals surface area contributed by atoms with E-state index in [-0.39, 0.29) is 35.7 Å². The lowest BCUT2D eigenvalue weighted by atomic mass is 9.90. The molecule has 0 fully saturated rings. The van der Waals surface area contributed by atoms with E-state index in [0.717, 1.165) is 53.2 Å². The van der Waals surface area contributed by atoms with E-state index in [9.17, 15) is 4.79 Å². The van der Waals surface area contributed by atoms with E-state index in [0.29, 0.717) is 11.5 Å². The molecule has 9 heteroatoms. The number of hydrogen-bond acceptors (Lipinski definition) is 7. The van der Waals surface area contributed by atoms with Crippen LogP contribution in [0.4, 0.5) is 10.5 Å². The summed E-state index contributed by atoms with van der Waals surface area (Å²) in [6.45, 7) is 12.2. The first-order valence-electron chi connectivity index (χ1n) is 15.5. The van der Waals surface area contributed by atoms with Gasteiger partial charge in [0, 0.05) is 35.0 Å². The van der Waals surface area contributed by atoms with Crippen LogP contribution in [0.5, 0.6) is 0 Å². The van der Waals surface area contributed by atoms with Crippen LogP contribution < -0.4 is 21.4 Å². The number of hydrogen-bond donors (Lipinski definition) is 5. The van der Waals surface area contributed by atoms with Gasteiger partial charge in [-0.25, -0.2) is 4.79 Å². The van der Waals surface area contributed by atoms with Crippen molar-refractivity contribution < 1.29 is 9.53 Å². The zero-order valence-corrected chi connectivity index (χ0v) is 26.6. The molecule has 1 unspecified atom stereocenters. The Hall–Kier alpha value is -4.53. The summed E-state index contributed by atoms with van der Waals surface area (Å²) in [5.41, 5.74) is 7.31. The predicted octanol–water partition coefficient (Wildman–Crippen LogP) is 7.21. The second kappa shape index (κ2) is 13.0. The molecule has 2 aromatic carbocycles. The third-order valence-electron chi connectivity index (χ3n) is 8.04. The number of allylic oxidation sites excluding steroid dienone is 2. The predicted molar refractivity (Wildman–Crippen MR) is 177 cm³/mol. The van der Waals surface area contributed by atoms with Gasteiger partial charge in [0.05, 0.1) is 6.04 Å². The molecular weight excluding hydrogens is 550 g/mol. The summed E-state index contributed by atoms with van der Waals surface area (Å²) in [6, 6.07) is 15.6. The molecule has 0 aromatic heterocycles. The van der Waals surface area contributed by atoms with Crippen molar-refractivity contribution in [2.45, 2.75) is 79.1 Å². The van der Waals surface area contributed by atoms with Gasteiger partial charge in [-0.1, -0.05) is 76.6 Å². The van der Waals surface area contributed by atoms with Crippen LogP contribution in [-0.2, 0) is 4.74 Å². The third-order valence-corrected chi connectivity index (χ3v) is 8.04. The van der Waals surface area contributed by atoms with E-state index in [1.54, 1.807) is 6.08 Å². The van der Waals surface area contributed by atoms with Gasteiger partial charge in [-0.3, -0.25) is 10.7 Å². The summed E-state index contributed by atoms with van der Waals surface area (Å²) in [5.74, 6) is 2.51. The number of fused-ring (bicyclic) bond motifs is 2. The Balaban J connectivity index is 1.31. The topological polar surface area (TPSA) is 114 Å². The first-order valence-corrected chi connectivity index (χ1v) is 15.5. The molecule has 5 N–H and O–H groups in total. The molecule has 0 saturated heterocycles. The maximum Gasteiger partial charge on any atom is 0.320 e. The molecule has 0 spiro atoms. The number of benzene rings is 2. The Morgan fingerprint density at radius 3 is 2.55 bits per heavy atom. The quantitative estimate of drug-likeness (QED) is 0.164. The fraction of sp³-hybridized carbons (Fsp3) is 0.400. The van der Waals surface area contributed by atoms with E-state index in [2.05, 4.69) is 63.4 Å². The smallest absolute Gasteiger partial charge is 0.320 e. The zero-order chi connectivity index (χ0) is 31.4. The number of carbonyl (C=O) groups excluding carboxylic acids is 1. The lowest BCUT2D eigenvalue weighted by Gasteiger charge is -2.29. The number of nitrogens with zero attached hydrogens (tertiary/aromatic N) is 2. The van der Waals surface area contributed by atoms with Gasteiger partial charge in [0.2, 0.25) is 0 Å². The number of anilines is 1.